The zero-order valence-electron chi connectivity index (χ0n) is 16.6. The number of aromatic nitrogens is 2. The molecule has 2 amide bonds. The van der Waals surface area contributed by atoms with E-state index in [4.69, 9.17) is 0 Å². The number of rotatable bonds is 4. The third-order valence-corrected chi connectivity index (χ3v) is 7.29. The van der Waals surface area contributed by atoms with Gasteiger partial charge in [0, 0.05) is 37.7 Å². The maximum absolute atomic E-state index is 13.0. The lowest BCUT2D eigenvalue weighted by Gasteiger charge is -2.54. The first-order chi connectivity index (χ1) is 13.6. The first-order valence-electron chi connectivity index (χ1n) is 10.8. The highest BCUT2D eigenvalue weighted by Crippen LogP contribution is 2.43. The van der Waals surface area contributed by atoms with Gasteiger partial charge in [-0.15, -0.1) is 0 Å². The van der Waals surface area contributed by atoms with Crippen molar-refractivity contribution in [3.05, 3.63) is 18.0 Å². The van der Waals surface area contributed by atoms with Crippen molar-refractivity contribution in [2.24, 2.45) is 11.3 Å². The molecule has 3 aliphatic rings. The molecule has 4 rings (SSSR count). The van der Waals surface area contributed by atoms with E-state index >= 15 is 0 Å². The van der Waals surface area contributed by atoms with Crippen molar-refractivity contribution in [2.45, 2.75) is 63.8 Å². The maximum Gasteiger partial charge on any atom is 0.257 e. The molecule has 3 heterocycles. The Kier molecular flexibility index (Phi) is 5.71. The fraction of sp³-hybridized carbons (Fsp3) is 0.762. The quantitative estimate of drug-likeness (QED) is 0.827. The van der Waals surface area contributed by atoms with Crippen LogP contribution in [0.25, 0.3) is 0 Å². The molecule has 0 radical (unpaired) electrons. The summed E-state index contributed by atoms with van der Waals surface area (Å²) in [7, 11) is 0. The second-order valence-corrected chi connectivity index (χ2v) is 8.92. The van der Waals surface area contributed by atoms with Crippen LogP contribution < -0.4 is 0 Å². The van der Waals surface area contributed by atoms with Gasteiger partial charge in [-0.1, -0.05) is 19.3 Å². The van der Waals surface area contributed by atoms with E-state index in [-0.39, 0.29) is 29.9 Å². The van der Waals surface area contributed by atoms with Crippen LogP contribution in [-0.2, 0) is 4.79 Å². The summed E-state index contributed by atoms with van der Waals surface area (Å²) in [5.74, 6) is 0.679. The summed E-state index contributed by atoms with van der Waals surface area (Å²) in [6.45, 7) is 1.96. The second-order valence-electron chi connectivity index (χ2n) is 8.92. The first kappa shape index (κ1) is 19.4. The number of aliphatic hydroxyl groups excluding tert-OH is 1. The molecule has 28 heavy (non-hydrogen) atoms. The van der Waals surface area contributed by atoms with Crippen molar-refractivity contribution < 1.29 is 14.7 Å². The lowest BCUT2D eigenvalue weighted by atomic mass is 9.68. The number of amides is 2. The van der Waals surface area contributed by atoms with Crippen LogP contribution in [0.4, 0.5) is 0 Å². The molecule has 1 aliphatic carbocycles. The van der Waals surface area contributed by atoms with Crippen molar-refractivity contribution in [3.8, 4) is 0 Å². The summed E-state index contributed by atoms with van der Waals surface area (Å²) in [5, 5.41) is 16.8. The summed E-state index contributed by atoms with van der Waals surface area (Å²) >= 11 is 0. The van der Waals surface area contributed by atoms with Crippen LogP contribution in [0.5, 0.6) is 0 Å². The highest BCUT2D eigenvalue weighted by Gasteiger charge is 2.49. The minimum absolute atomic E-state index is 0.0575. The van der Waals surface area contributed by atoms with Gasteiger partial charge >= 0.3 is 0 Å². The van der Waals surface area contributed by atoms with Crippen molar-refractivity contribution >= 4 is 11.8 Å². The Balaban J connectivity index is 1.49. The van der Waals surface area contributed by atoms with Crippen molar-refractivity contribution in [2.75, 3.05) is 26.2 Å². The Labute approximate surface area is 166 Å². The molecule has 1 saturated carbocycles. The van der Waals surface area contributed by atoms with E-state index < -0.39 is 0 Å². The van der Waals surface area contributed by atoms with Crippen LogP contribution in [0, 0.1) is 11.3 Å². The number of nitrogens with zero attached hydrogens (tertiary/aromatic N) is 3. The number of hydrogen-bond acceptors (Lipinski definition) is 4. The van der Waals surface area contributed by atoms with E-state index in [2.05, 4.69) is 10.2 Å². The highest BCUT2D eigenvalue weighted by atomic mass is 16.3. The minimum Gasteiger partial charge on any atom is -0.396 e. The molecule has 7 nitrogen and oxygen atoms in total. The summed E-state index contributed by atoms with van der Waals surface area (Å²) < 4.78 is 0. The molecule has 1 aromatic rings. The molecule has 0 spiro atoms. The van der Waals surface area contributed by atoms with Crippen molar-refractivity contribution in [3.63, 3.8) is 0 Å². The van der Waals surface area contributed by atoms with Gasteiger partial charge in [0.2, 0.25) is 5.91 Å². The Hall–Kier alpha value is -1.89. The van der Waals surface area contributed by atoms with Gasteiger partial charge < -0.3 is 14.9 Å². The van der Waals surface area contributed by atoms with E-state index in [1.54, 1.807) is 12.4 Å². The SMILES string of the molecule is O=C(CC1CCCCC1)N1CC[C@]2(CO)CCCN(C(=O)c3cn[nH]c3)[C@H]2C1. The number of nitrogens with one attached hydrogen (secondary N) is 1. The molecule has 2 saturated heterocycles. The summed E-state index contributed by atoms with van der Waals surface area (Å²) in [6, 6.07) is -0.127. The third kappa shape index (κ3) is 3.69. The number of likely N-dealkylation sites (tertiary alicyclic amines) is 2. The predicted octanol–water partition coefficient (Wildman–Crippen LogP) is 2.20. The average molecular weight is 389 g/mol. The number of fused-ring (bicyclic) bond motifs is 1. The van der Waals surface area contributed by atoms with E-state index in [1.165, 1.54) is 19.3 Å². The molecular formula is C21H32N4O3. The fourth-order valence-corrected chi connectivity index (χ4v) is 5.53. The van der Waals surface area contributed by atoms with Gasteiger partial charge in [-0.05, 0) is 38.0 Å². The van der Waals surface area contributed by atoms with Gasteiger partial charge in [0.05, 0.1) is 24.4 Å². The molecule has 2 aliphatic heterocycles. The number of aliphatic hydroxyl groups is 1. The summed E-state index contributed by atoms with van der Waals surface area (Å²) in [5.41, 5.74) is 0.249. The normalized spacial score (nSPS) is 28.8. The molecule has 0 unspecified atom stereocenters. The first-order valence-corrected chi connectivity index (χ1v) is 10.8. The van der Waals surface area contributed by atoms with Crippen LogP contribution >= 0.6 is 0 Å². The zero-order chi connectivity index (χ0) is 19.6. The Bertz CT molecular complexity index is 686. The predicted molar refractivity (Wildman–Crippen MR) is 105 cm³/mol. The van der Waals surface area contributed by atoms with E-state index in [0.717, 1.165) is 32.1 Å². The van der Waals surface area contributed by atoms with Gasteiger partial charge in [-0.25, -0.2) is 0 Å². The molecular weight excluding hydrogens is 356 g/mol. The number of H-pyrrole nitrogens is 1. The Morgan fingerprint density at radius 3 is 2.71 bits per heavy atom. The van der Waals surface area contributed by atoms with Gasteiger partial charge in [-0.3, -0.25) is 14.7 Å². The average Bonchev–Trinajstić information content (AvgIpc) is 3.28. The summed E-state index contributed by atoms with van der Waals surface area (Å²) in [6.07, 6.45) is 12.4. The number of piperidine rings is 2. The third-order valence-electron chi connectivity index (χ3n) is 7.29. The molecule has 3 fully saturated rings. The Morgan fingerprint density at radius 1 is 1.18 bits per heavy atom. The Morgan fingerprint density at radius 2 is 2.00 bits per heavy atom. The van der Waals surface area contributed by atoms with E-state index in [0.29, 0.717) is 37.5 Å². The minimum atomic E-state index is -0.292. The summed E-state index contributed by atoms with van der Waals surface area (Å²) in [4.78, 5) is 29.9. The molecule has 0 aromatic carbocycles. The van der Waals surface area contributed by atoms with Crippen molar-refractivity contribution in [1.82, 2.24) is 20.0 Å². The maximum atomic E-state index is 13.0. The number of carbonyl (C=O) groups excluding carboxylic acids is 2. The van der Waals surface area contributed by atoms with Crippen LogP contribution in [-0.4, -0.2) is 69.2 Å². The molecule has 7 heteroatoms. The monoisotopic (exact) mass is 388 g/mol. The molecule has 0 bridgehead atoms. The number of hydrogen-bond donors (Lipinski definition) is 2. The standard InChI is InChI=1S/C21H32N4O3/c26-15-21-7-4-9-25(20(28)17-12-22-23-13-17)18(21)14-24(10-8-21)19(27)11-16-5-2-1-3-6-16/h12-13,16,18,26H,1-11,14-15H2,(H,22,23)/t18-,21-/m0/s1. The van der Waals surface area contributed by atoms with Crippen LogP contribution in [0.1, 0.15) is 68.1 Å². The van der Waals surface area contributed by atoms with Crippen LogP contribution in [0.3, 0.4) is 0 Å². The second kappa shape index (κ2) is 8.23. The number of carbonyl (C=O) groups is 2. The zero-order valence-corrected chi connectivity index (χ0v) is 16.6. The molecule has 2 N–H and O–H groups in total. The van der Waals surface area contributed by atoms with Gasteiger partial charge in [0.15, 0.2) is 0 Å². The van der Waals surface area contributed by atoms with E-state index in [9.17, 15) is 14.7 Å². The van der Waals surface area contributed by atoms with Gasteiger partial charge in [0.25, 0.3) is 5.91 Å². The van der Waals surface area contributed by atoms with E-state index in [1.807, 2.05) is 9.80 Å². The fourth-order valence-electron chi connectivity index (χ4n) is 5.53. The van der Waals surface area contributed by atoms with Gasteiger partial charge in [-0.2, -0.15) is 5.10 Å². The van der Waals surface area contributed by atoms with Crippen molar-refractivity contribution in [1.29, 1.82) is 0 Å². The van der Waals surface area contributed by atoms with Crippen LogP contribution in [0.15, 0.2) is 12.4 Å². The number of aromatic amines is 1. The van der Waals surface area contributed by atoms with Gasteiger partial charge in [0.1, 0.15) is 0 Å². The molecule has 2 atom stereocenters. The smallest absolute Gasteiger partial charge is 0.257 e. The highest BCUT2D eigenvalue weighted by molar-refractivity contribution is 5.94. The van der Waals surface area contributed by atoms with Crippen LogP contribution in [0.2, 0.25) is 0 Å². The largest absolute Gasteiger partial charge is 0.396 e. The topological polar surface area (TPSA) is 89.5 Å². The lowest BCUT2D eigenvalue weighted by molar-refractivity contribution is -0.140. The molecule has 154 valence electrons. The molecule has 1 aromatic heterocycles. The lowest BCUT2D eigenvalue weighted by Crippen LogP contribution is -2.64.